The number of nitrogens with zero attached hydrogens (tertiary/aromatic N) is 1. The van der Waals surface area contributed by atoms with Gasteiger partial charge in [0.05, 0.1) is 10.5 Å². The van der Waals surface area contributed by atoms with Crippen molar-refractivity contribution in [2.45, 2.75) is 31.0 Å². The van der Waals surface area contributed by atoms with E-state index in [1.54, 1.807) is 12.1 Å². The summed E-state index contributed by atoms with van der Waals surface area (Å²) in [6.45, 7) is 2.00. The first kappa shape index (κ1) is 18.5. The molecule has 24 heavy (non-hydrogen) atoms. The zero-order valence-corrected chi connectivity index (χ0v) is 14.2. The summed E-state index contributed by atoms with van der Waals surface area (Å²) in [6, 6.07) is 11.5. The molecule has 0 unspecified atom stereocenters. The Morgan fingerprint density at radius 2 is 1.50 bits per heavy atom. The van der Waals surface area contributed by atoms with E-state index in [1.165, 1.54) is 19.2 Å². The monoisotopic (exact) mass is 357 g/mol. The minimum Gasteiger partial charge on any atom is -0.207 e. The summed E-state index contributed by atoms with van der Waals surface area (Å²) in [5, 5.41) is 0. The molecule has 0 spiro atoms. The summed E-state index contributed by atoms with van der Waals surface area (Å²) in [4.78, 5) is -0.731. The molecule has 0 heterocycles. The number of alkyl halides is 3. The van der Waals surface area contributed by atoms with Gasteiger partial charge in [0, 0.05) is 13.6 Å². The molecule has 2 aromatic carbocycles. The number of benzene rings is 2. The predicted octanol–water partition coefficient (Wildman–Crippen LogP) is 4.09. The van der Waals surface area contributed by atoms with Gasteiger partial charge in [-0.3, -0.25) is 0 Å². The van der Waals surface area contributed by atoms with Crippen molar-refractivity contribution in [3.05, 3.63) is 65.2 Å². The van der Waals surface area contributed by atoms with Gasteiger partial charge in [-0.2, -0.15) is 17.5 Å². The lowest BCUT2D eigenvalue weighted by molar-refractivity contribution is -0.139. The highest BCUT2D eigenvalue weighted by atomic mass is 32.2. The SMILES string of the molecule is CCc1ccc(CN(C)S(=O)(=O)c2ccccc2C(F)(F)F)cc1. The van der Waals surface area contributed by atoms with Gasteiger partial charge in [-0.25, -0.2) is 8.42 Å². The van der Waals surface area contributed by atoms with Gasteiger partial charge in [-0.15, -0.1) is 0 Å². The fourth-order valence-electron chi connectivity index (χ4n) is 2.32. The number of hydrogen-bond donors (Lipinski definition) is 0. The molecular weight excluding hydrogens is 339 g/mol. The Bertz CT molecular complexity index is 799. The number of aryl methyl sites for hydroxylation is 1. The van der Waals surface area contributed by atoms with Gasteiger partial charge < -0.3 is 0 Å². The Hall–Kier alpha value is -1.86. The number of hydrogen-bond acceptors (Lipinski definition) is 2. The fraction of sp³-hybridized carbons (Fsp3) is 0.294. The first-order valence-corrected chi connectivity index (χ1v) is 8.80. The summed E-state index contributed by atoms with van der Waals surface area (Å²) in [5.74, 6) is 0. The third kappa shape index (κ3) is 3.96. The van der Waals surface area contributed by atoms with Gasteiger partial charge in [0.15, 0.2) is 0 Å². The number of sulfonamides is 1. The lowest BCUT2D eigenvalue weighted by atomic mass is 10.1. The standard InChI is InChI=1S/C17H18F3NO2S/c1-3-13-8-10-14(11-9-13)12-21(2)24(22,23)16-7-5-4-6-15(16)17(18,19)20/h4-11H,3,12H2,1-2H3. The van der Waals surface area contributed by atoms with Crippen molar-refractivity contribution in [2.24, 2.45) is 0 Å². The molecule has 0 aromatic heterocycles. The molecule has 0 saturated heterocycles. The van der Waals surface area contributed by atoms with Crippen LogP contribution < -0.4 is 0 Å². The van der Waals surface area contributed by atoms with Crippen molar-refractivity contribution in [1.82, 2.24) is 4.31 Å². The molecule has 0 saturated carbocycles. The van der Waals surface area contributed by atoms with Crippen molar-refractivity contribution >= 4 is 10.0 Å². The minimum absolute atomic E-state index is 0.00147. The van der Waals surface area contributed by atoms with Gasteiger partial charge in [0.2, 0.25) is 10.0 Å². The summed E-state index contributed by atoms with van der Waals surface area (Å²) in [6.07, 6.45) is -3.87. The molecule has 0 aliphatic rings. The molecule has 2 rings (SSSR count). The van der Waals surface area contributed by atoms with Crippen LogP contribution in [-0.2, 0) is 29.2 Å². The van der Waals surface area contributed by atoms with Crippen LogP contribution in [0.3, 0.4) is 0 Å². The van der Waals surface area contributed by atoms with Crippen molar-refractivity contribution in [3.63, 3.8) is 0 Å². The van der Waals surface area contributed by atoms with Crippen LogP contribution in [0.1, 0.15) is 23.6 Å². The van der Waals surface area contributed by atoms with Gasteiger partial charge in [-0.05, 0) is 29.7 Å². The van der Waals surface area contributed by atoms with Crippen LogP contribution in [0.2, 0.25) is 0 Å². The summed E-state index contributed by atoms with van der Waals surface area (Å²) < 4.78 is 65.2. The quantitative estimate of drug-likeness (QED) is 0.808. The van der Waals surface area contributed by atoms with E-state index < -0.39 is 26.7 Å². The highest BCUT2D eigenvalue weighted by molar-refractivity contribution is 7.89. The molecule has 130 valence electrons. The van der Waals surface area contributed by atoms with E-state index in [9.17, 15) is 21.6 Å². The van der Waals surface area contributed by atoms with Crippen LogP contribution in [0.5, 0.6) is 0 Å². The second-order valence-corrected chi connectivity index (χ2v) is 7.44. The van der Waals surface area contributed by atoms with Crippen molar-refractivity contribution in [2.75, 3.05) is 7.05 Å². The average molecular weight is 357 g/mol. The normalized spacial score (nSPS) is 12.6. The Morgan fingerprint density at radius 3 is 2.04 bits per heavy atom. The van der Waals surface area contributed by atoms with Crippen LogP contribution in [0.4, 0.5) is 13.2 Å². The molecule has 2 aromatic rings. The maximum atomic E-state index is 13.1. The Morgan fingerprint density at radius 1 is 0.958 bits per heavy atom. The predicted molar refractivity (Wildman–Crippen MR) is 85.9 cm³/mol. The summed E-state index contributed by atoms with van der Waals surface area (Å²) in [7, 11) is -2.98. The number of halogens is 3. The molecule has 0 atom stereocenters. The highest BCUT2D eigenvalue weighted by Gasteiger charge is 2.38. The molecule has 0 aliphatic heterocycles. The summed E-state index contributed by atoms with van der Waals surface area (Å²) in [5.41, 5.74) is 0.660. The maximum Gasteiger partial charge on any atom is 0.417 e. The van der Waals surface area contributed by atoms with Crippen LogP contribution in [0, 0.1) is 0 Å². The van der Waals surface area contributed by atoms with E-state index in [0.717, 1.165) is 28.4 Å². The lowest BCUT2D eigenvalue weighted by Gasteiger charge is -2.20. The molecule has 3 nitrogen and oxygen atoms in total. The molecule has 0 radical (unpaired) electrons. The van der Waals surface area contributed by atoms with E-state index in [1.807, 2.05) is 19.1 Å². The molecule has 0 aliphatic carbocycles. The van der Waals surface area contributed by atoms with E-state index in [2.05, 4.69) is 0 Å². The van der Waals surface area contributed by atoms with Crippen molar-refractivity contribution in [1.29, 1.82) is 0 Å². The molecule has 0 N–H and O–H groups in total. The van der Waals surface area contributed by atoms with E-state index in [-0.39, 0.29) is 6.54 Å². The highest BCUT2D eigenvalue weighted by Crippen LogP contribution is 2.35. The summed E-state index contributed by atoms with van der Waals surface area (Å²) >= 11 is 0. The zero-order chi connectivity index (χ0) is 18.0. The fourth-order valence-corrected chi connectivity index (χ4v) is 3.68. The van der Waals surface area contributed by atoms with Crippen molar-refractivity contribution < 1.29 is 21.6 Å². The van der Waals surface area contributed by atoms with Gasteiger partial charge >= 0.3 is 6.18 Å². The van der Waals surface area contributed by atoms with Crippen LogP contribution in [0.25, 0.3) is 0 Å². The zero-order valence-electron chi connectivity index (χ0n) is 13.3. The Balaban J connectivity index is 2.33. The third-order valence-corrected chi connectivity index (χ3v) is 5.58. The Kier molecular flexibility index (Phi) is 5.35. The third-order valence-electron chi connectivity index (χ3n) is 3.72. The van der Waals surface area contributed by atoms with Crippen LogP contribution in [0.15, 0.2) is 53.4 Å². The second-order valence-electron chi connectivity index (χ2n) is 5.43. The molecular formula is C17H18F3NO2S. The first-order valence-electron chi connectivity index (χ1n) is 7.36. The minimum atomic E-state index is -4.73. The van der Waals surface area contributed by atoms with Crippen LogP contribution >= 0.6 is 0 Å². The molecule has 0 bridgehead atoms. The van der Waals surface area contributed by atoms with E-state index in [0.29, 0.717) is 5.56 Å². The Labute approximate surface area is 139 Å². The second kappa shape index (κ2) is 6.94. The molecule has 0 amide bonds. The lowest BCUT2D eigenvalue weighted by Crippen LogP contribution is -2.28. The van der Waals surface area contributed by atoms with Crippen LogP contribution in [-0.4, -0.2) is 19.8 Å². The first-order chi connectivity index (χ1) is 11.2. The van der Waals surface area contributed by atoms with Gasteiger partial charge in [0.25, 0.3) is 0 Å². The van der Waals surface area contributed by atoms with Crippen molar-refractivity contribution in [3.8, 4) is 0 Å². The largest absolute Gasteiger partial charge is 0.417 e. The molecule has 0 fully saturated rings. The molecule has 7 heteroatoms. The topological polar surface area (TPSA) is 37.4 Å². The van der Waals surface area contributed by atoms with E-state index in [4.69, 9.17) is 0 Å². The smallest absolute Gasteiger partial charge is 0.207 e. The average Bonchev–Trinajstić information content (AvgIpc) is 2.54. The van der Waals surface area contributed by atoms with E-state index >= 15 is 0 Å². The van der Waals surface area contributed by atoms with Gasteiger partial charge in [0.1, 0.15) is 0 Å². The van der Waals surface area contributed by atoms with Gasteiger partial charge in [-0.1, -0.05) is 43.3 Å². The number of rotatable bonds is 5. The maximum absolute atomic E-state index is 13.1.